The molecule has 0 atom stereocenters. The number of hydrogen-bond donors (Lipinski definition) is 0. The Hall–Kier alpha value is -0.747. The molecule has 0 N–H and O–H groups in total. The Morgan fingerprint density at radius 2 is 1.36 bits per heavy atom. The molecule has 0 spiro atoms. The molecule has 0 aromatic heterocycles. The summed E-state index contributed by atoms with van der Waals surface area (Å²) in [6, 6.07) is 19.3. The first-order valence-corrected chi connectivity index (χ1v) is 6.61. The third kappa shape index (κ3) is 4.88. The maximum absolute atomic E-state index is 3.05. The molecule has 0 heterocycles. The molecule has 3 aromatic carbocycles. The van der Waals surface area contributed by atoms with Crippen LogP contribution in [0, 0.1) is 6.08 Å². The largest absolute Gasteiger partial charge is 4.00 e. The van der Waals surface area contributed by atoms with Crippen molar-refractivity contribution >= 4 is 21.5 Å². The minimum Gasteiger partial charge on any atom is -1.00 e. The molecule has 0 bridgehead atoms. The van der Waals surface area contributed by atoms with Gasteiger partial charge >= 0.3 is 26.2 Å². The summed E-state index contributed by atoms with van der Waals surface area (Å²) in [5, 5.41) is 5.39. The number of hydrogen-bond acceptors (Lipinski definition) is 0. The molecule has 4 rings (SSSR count). The number of halogens is 2. The zero-order valence-corrected chi connectivity index (χ0v) is 16.3. The van der Waals surface area contributed by atoms with Gasteiger partial charge in [0.2, 0.25) is 0 Å². The van der Waals surface area contributed by atoms with E-state index in [-0.39, 0.29) is 51.0 Å². The van der Waals surface area contributed by atoms with Crippen LogP contribution < -0.4 is 24.8 Å². The normalized spacial score (nSPS) is 11.6. The van der Waals surface area contributed by atoms with Gasteiger partial charge in [-0.15, -0.1) is 53.1 Å². The Labute approximate surface area is 163 Å². The van der Waals surface area contributed by atoms with Gasteiger partial charge in [0, 0.05) is 0 Å². The third-order valence-electron chi connectivity index (χ3n) is 3.39. The second-order valence-electron chi connectivity index (χ2n) is 4.82. The summed E-state index contributed by atoms with van der Waals surface area (Å²) in [4.78, 5) is 0. The molecule has 0 nitrogen and oxygen atoms in total. The van der Waals surface area contributed by atoms with Gasteiger partial charge in [-0.1, -0.05) is 36.4 Å². The molecule has 0 aliphatic heterocycles. The first kappa shape index (κ1) is 21.3. The fourth-order valence-electron chi connectivity index (χ4n) is 2.40. The molecule has 0 unspecified atom stereocenters. The summed E-state index contributed by atoms with van der Waals surface area (Å²) in [6.45, 7) is 2.08. The van der Waals surface area contributed by atoms with Gasteiger partial charge in [0.15, 0.2) is 0 Å². The van der Waals surface area contributed by atoms with E-state index in [9.17, 15) is 0 Å². The minimum absolute atomic E-state index is 0. The summed E-state index contributed by atoms with van der Waals surface area (Å²) in [7, 11) is 0. The minimum atomic E-state index is 0. The SMILES string of the molecule is CC1=CC[C-]=C1.[Cl-].[Cl-].[Zr+4].c1ccc2c(c1)[cH-]c1ccccc12. The van der Waals surface area contributed by atoms with Crippen molar-refractivity contribution in [2.75, 3.05) is 0 Å². The van der Waals surface area contributed by atoms with E-state index in [0.717, 1.165) is 6.42 Å². The van der Waals surface area contributed by atoms with Crippen LogP contribution in [-0.4, -0.2) is 0 Å². The molecule has 1 aliphatic rings. The second kappa shape index (κ2) is 10.1. The molecule has 22 heavy (non-hydrogen) atoms. The molecule has 110 valence electrons. The summed E-state index contributed by atoms with van der Waals surface area (Å²) in [5.74, 6) is 0. The predicted octanol–water partition coefficient (Wildman–Crippen LogP) is -0.587. The summed E-state index contributed by atoms with van der Waals surface area (Å²) >= 11 is 0. The molecular weight excluding hydrogens is 390 g/mol. The maximum Gasteiger partial charge on any atom is 4.00 e. The van der Waals surface area contributed by atoms with E-state index in [0.29, 0.717) is 0 Å². The van der Waals surface area contributed by atoms with Crippen LogP contribution in [0.25, 0.3) is 21.5 Å². The van der Waals surface area contributed by atoms with Crippen molar-refractivity contribution in [3.63, 3.8) is 0 Å². The summed E-state index contributed by atoms with van der Waals surface area (Å²) < 4.78 is 0. The van der Waals surface area contributed by atoms with Crippen LogP contribution in [0.5, 0.6) is 0 Å². The van der Waals surface area contributed by atoms with Crippen LogP contribution in [0.4, 0.5) is 0 Å². The molecule has 3 heteroatoms. The van der Waals surface area contributed by atoms with Gasteiger partial charge in [-0.3, -0.25) is 6.08 Å². The second-order valence-corrected chi connectivity index (χ2v) is 4.82. The average molecular weight is 406 g/mol. The fraction of sp³-hybridized carbons (Fsp3) is 0.105. The molecule has 0 amide bonds. The Balaban J connectivity index is 0.000000429. The molecule has 3 aromatic rings. The topological polar surface area (TPSA) is 0 Å². The van der Waals surface area contributed by atoms with Crippen molar-refractivity contribution in [1.29, 1.82) is 0 Å². The third-order valence-corrected chi connectivity index (χ3v) is 3.39. The van der Waals surface area contributed by atoms with Gasteiger partial charge in [0.1, 0.15) is 0 Å². The van der Waals surface area contributed by atoms with Crippen LogP contribution in [0.2, 0.25) is 0 Å². The quantitative estimate of drug-likeness (QED) is 0.438. The van der Waals surface area contributed by atoms with Crippen LogP contribution >= 0.6 is 0 Å². The maximum atomic E-state index is 3.05. The Kier molecular flexibility index (Phi) is 9.76. The van der Waals surface area contributed by atoms with Gasteiger partial charge in [0.05, 0.1) is 0 Å². The summed E-state index contributed by atoms with van der Waals surface area (Å²) in [5.41, 5.74) is 1.34. The monoisotopic (exact) mass is 404 g/mol. The Morgan fingerprint density at radius 3 is 1.73 bits per heavy atom. The van der Waals surface area contributed by atoms with E-state index < -0.39 is 0 Å². The van der Waals surface area contributed by atoms with Gasteiger partial charge in [-0.2, -0.15) is 6.08 Å². The van der Waals surface area contributed by atoms with E-state index in [1.165, 1.54) is 27.1 Å². The average Bonchev–Trinajstić information content (AvgIpc) is 3.06. The van der Waals surface area contributed by atoms with Crippen LogP contribution in [0.1, 0.15) is 13.3 Å². The zero-order valence-electron chi connectivity index (χ0n) is 12.3. The van der Waals surface area contributed by atoms with Gasteiger partial charge in [0.25, 0.3) is 0 Å². The standard InChI is InChI=1S/C13H9.C6H7.2ClH.Zr/c1-3-7-12-10(5-1)9-11-6-2-4-8-13(11)12;1-6-4-2-3-5-6;;;/h1-9H;4-5H,2H2,1H3;2*1H;/q2*-1;;;+4/p-2. The predicted molar refractivity (Wildman–Crippen MR) is 83.2 cm³/mol. The van der Waals surface area contributed by atoms with Crippen molar-refractivity contribution in [3.8, 4) is 0 Å². The van der Waals surface area contributed by atoms with Crippen molar-refractivity contribution in [3.05, 3.63) is 78.4 Å². The van der Waals surface area contributed by atoms with E-state index in [2.05, 4.69) is 73.7 Å². The zero-order chi connectivity index (χ0) is 13.1. The van der Waals surface area contributed by atoms with Gasteiger partial charge in [-0.25, -0.2) is 11.6 Å². The molecule has 0 saturated carbocycles. The first-order valence-electron chi connectivity index (χ1n) is 6.61. The van der Waals surface area contributed by atoms with E-state index in [4.69, 9.17) is 0 Å². The van der Waals surface area contributed by atoms with Crippen LogP contribution in [0.15, 0.2) is 72.3 Å². The Bertz CT molecular complexity index is 716. The van der Waals surface area contributed by atoms with Gasteiger partial charge in [-0.05, 0) is 0 Å². The number of rotatable bonds is 0. The molecule has 0 saturated heterocycles. The molecule has 0 radical (unpaired) electrons. The smallest absolute Gasteiger partial charge is 1.00 e. The van der Waals surface area contributed by atoms with Crippen molar-refractivity contribution in [2.45, 2.75) is 13.3 Å². The van der Waals surface area contributed by atoms with E-state index in [1.54, 1.807) is 0 Å². The van der Waals surface area contributed by atoms with E-state index >= 15 is 0 Å². The molecular formula is C19H16Cl2Zr. The Morgan fingerprint density at radius 1 is 0.864 bits per heavy atom. The van der Waals surface area contributed by atoms with Crippen LogP contribution in [0.3, 0.4) is 0 Å². The number of benzene rings is 2. The van der Waals surface area contributed by atoms with Crippen molar-refractivity contribution in [2.24, 2.45) is 0 Å². The van der Waals surface area contributed by atoms with E-state index in [1.807, 2.05) is 6.08 Å². The van der Waals surface area contributed by atoms with Crippen molar-refractivity contribution < 1.29 is 51.0 Å². The number of fused-ring (bicyclic) bond motifs is 3. The molecule has 0 fully saturated rings. The number of allylic oxidation sites excluding steroid dienone is 4. The van der Waals surface area contributed by atoms with Crippen LogP contribution in [-0.2, 0) is 26.2 Å². The van der Waals surface area contributed by atoms with Gasteiger partial charge < -0.3 is 24.8 Å². The fourth-order valence-corrected chi connectivity index (χ4v) is 2.40. The first-order chi connectivity index (χ1) is 9.34. The molecule has 1 aliphatic carbocycles. The summed E-state index contributed by atoms with van der Waals surface area (Å²) in [6.07, 6.45) is 8.24. The van der Waals surface area contributed by atoms with Crippen molar-refractivity contribution in [1.82, 2.24) is 0 Å².